The van der Waals surface area contributed by atoms with E-state index in [1.165, 1.54) is 36.4 Å². The molecule has 0 N–H and O–H groups in total. The lowest BCUT2D eigenvalue weighted by Crippen LogP contribution is -2.27. The van der Waals surface area contributed by atoms with Gasteiger partial charge >= 0.3 is 0 Å². The molecule has 1 heterocycles. The quantitative estimate of drug-likeness (QED) is 0.725. The fourth-order valence-corrected chi connectivity index (χ4v) is 3.05. The molecular weight excluding hydrogens is 344 g/mol. The molecule has 7 heteroatoms. The summed E-state index contributed by atoms with van der Waals surface area (Å²) in [5.41, 5.74) is 0.367. The molecule has 0 unspecified atom stereocenters. The van der Waals surface area contributed by atoms with Crippen molar-refractivity contribution < 1.29 is 18.4 Å². The molecule has 0 bridgehead atoms. The van der Waals surface area contributed by atoms with E-state index in [4.69, 9.17) is 11.6 Å². The van der Waals surface area contributed by atoms with Crippen molar-refractivity contribution in [2.24, 2.45) is 0 Å². The lowest BCUT2D eigenvalue weighted by molar-refractivity contribution is -0.113. The predicted octanol–water partition coefficient (Wildman–Crippen LogP) is 4.86. The fourth-order valence-electron chi connectivity index (χ4n) is 2.05. The van der Waals surface area contributed by atoms with Crippen molar-refractivity contribution >= 4 is 46.3 Å². The Bertz CT molecular complexity index is 854. The Labute approximate surface area is 139 Å². The highest BCUT2D eigenvalue weighted by Gasteiger charge is 2.36. The largest absolute Gasteiger partial charge is 0.298 e. The standard InChI is InChI=1S/C16H8ClF2NO2S/c17-11-8-10(5-6-13(11)19)20-15(21)14(23-16(20)22)7-9-3-1-2-4-12(9)18/h1-8H/b14-7-. The zero-order chi connectivity index (χ0) is 16.6. The molecule has 0 radical (unpaired) electrons. The molecule has 116 valence electrons. The average molecular weight is 352 g/mol. The molecule has 23 heavy (non-hydrogen) atoms. The highest BCUT2D eigenvalue weighted by Crippen LogP contribution is 2.37. The summed E-state index contributed by atoms with van der Waals surface area (Å²) in [5.74, 6) is -1.75. The van der Waals surface area contributed by atoms with Crippen LogP contribution in [0.25, 0.3) is 6.08 Å². The van der Waals surface area contributed by atoms with Gasteiger partial charge in [0, 0.05) is 5.56 Å². The van der Waals surface area contributed by atoms with Gasteiger partial charge in [-0.05, 0) is 42.1 Å². The van der Waals surface area contributed by atoms with E-state index in [1.54, 1.807) is 6.07 Å². The number of anilines is 1. The third-order valence-corrected chi connectivity index (χ3v) is 4.31. The number of hydrogen-bond donors (Lipinski definition) is 0. The van der Waals surface area contributed by atoms with Gasteiger partial charge in [0.2, 0.25) is 0 Å². The van der Waals surface area contributed by atoms with E-state index >= 15 is 0 Å². The molecule has 2 aromatic rings. The summed E-state index contributed by atoms with van der Waals surface area (Å²) in [6.07, 6.45) is 1.31. The molecule has 1 fully saturated rings. The Kier molecular flexibility index (Phi) is 4.19. The molecule has 0 aromatic heterocycles. The second-order valence-electron chi connectivity index (χ2n) is 4.64. The normalized spacial score (nSPS) is 16.5. The maximum Gasteiger partial charge on any atom is 0.298 e. The number of imide groups is 1. The monoisotopic (exact) mass is 351 g/mol. The van der Waals surface area contributed by atoms with Crippen LogP contribution >= 0.6 is 23.4 Å². The van der Waals surface area contributed by atoms with Crippen LogP contribution in [0, 0.1) is 11.6 Å². The SMILES string of the molecule is O=C1S/C(=C\c2ccccc2F)C(=O)N1c1ccc(F)c(Cl)c1. The Balaban J connectivity index is 1.97. The van der Waals surface area contributed by atoms with Crippen LogP contribution in [0.5, 0.6) is 0 Å². The van der Waals surface area contributed by atoms with E-state index in [0.717, 1.165) is 11.0 Å². The van der Waals surface area contributed by atoms with Crippen LogP contribution in [0.3, 0.4) is 0 Å². The number of benzene rings is 2. The van der Waals surface area contributed by atoms with Crippen LogP contribution in [0.2, 0.25) is 5.02 Å². The summed E-state index contributed by atoms with van der Waals surface area (Å²) in [6.45, 7) is 0. The minimum atomic E-state index is -0.649. The van der Waals surface area contributed by atoms with E-state index in [2.05, 4.69) is 0 Å². The van der Waals surface area contributed by atoms with Gasteiger partial charge in [-0.1, -0.05) is 29.8 Å². The van der Waals surface area contributed by atoms with Crippen LogP contribution < -0.4 is 4.90 Å². The van der Waals surface area contributed by atoms with E-state index in [1.807, 2.05) is 0 Å². The number of carbonyl (C=O) groups excluding carboxylic acids is 2. The molecule has 0 spiro atoms. The summed E-state index contributed by atoms with van der Waals surface area (Å²) in [5, 5.41) is -0.750. The van der Waals surface area contributed by atoms with Gasteiger partial charge in [0.25, 0.3) is 11.1 Å². The Morgan fingerprint density at radius 1 is 1.04 bits per heavy atom. The van der Waals surface area contributed by atoms with Gasteiger partial charge in [0.05, 0.1) is 15.6 Å². The number of amides is 2. The predicted molar refractivity (Wildman–Crippen MR) is 86.3 cm³/mol. The van der Waals surface area contributed by atoms with Crippen molar-refractivity contribution in [3.63, 3.8) is 0 Å². The molecule has 1 saturated heterocycles. The number of hydrogen-bond acceptors (Lipinski definition) is 3. The van der Waals surface area contributed by atoms with Crippen molar-refractivity contribution in [3.05, 3.63) is 69.6 Å². The Hall–Kier alpha value is -2.18. The molecule has 1 aliphatic rings. The van der Waals surface area contributed by atoms with Crippen LogP contribution in [-0.2, 0) is 4.79 Å². The first kappa shape index (κ1) is 15.7. The number of rotatable bonds is 2. The van der Waals surface area contributed by atoms with Gasteiger partial charge in [0.15, 0.2) is 0 Å². The van der Waals surface area contributed by atoms with Crippen LogP contribution in [0.15, 0.2) is 47.4 Å². The summed E-state index contributed by atoms with van der Waals surface area (Å²) in [6, 6.07) is 9.45. The van der Waals surface area contributed by atoms with Crippen molar-refractivity contribution in [2.45, 2.75) is 0 Å². The second kappa shape index (κ2) is 6.14. The number of halogens is 3. The number of thioether (sulfide) groups is 1. The van der Waals surface area contributed by atoms with Crippen molar-refractivity contribution in [2.75, 3.05) is 4.90 Å². The van der Waals surface area contributed by atoms with Crippen LogP contribution in [-0.4, -0.2) is 11.1 Å². The molecule has 3 nitrogen and oxygen atoms in total. The van der Waals surface area contributed by atoms with Gasteiger partial charge in [-0.15, -0.1) is 0 Å². The molecule has 1 aliphatic heterocycles. The molecule has 0 saturated carbocycles. The Morgan fingerprint density at radius 2 is 1.78 bits per heavy atom. The zero-order valence-electron chi connectivity index (χ0n) is 11.4. The summed E-state index contributed by atoms with van der Waals surface area (Å²) < 4.78 is 26.9. The first-order valence-electron chi connectivity index (χ1n) is 6.45. The van der Waals surface area contributed by atoms with E-state index < -0.39 is 22.8 Å². The molecular formula is C16H8ClF2NO2S. The maximum absolute atomic E-state index is 13.7. The third-order valence-electron chi connectivity index (χ3n) is 3.15. The van der Waals surface area contributed by atoms with Crippen molar-refractivity contribution in [1.82, 2.24) is 0 Å². The van der Waals surface area contributed by atoms with Gasteiger partial charge in [-0.2, -0.15) is 0 Å². The van der Waals surface area contributed by atoms with Crippen LogP contribution in [0.1, 0.15) is 5.56 Å². The second-order valence-corrected chi connectivity index (χ2v) is 6.04. The number of nitrogens with zero attached hydrogens (tertiary/aromatic N) is 1. The average Bonchev–Trinajstić information content (AvgIpc) is 2.79. The topological polar surface area (TPSA) is 37.4 Å². The van der Waals surface area contributed by atoms with Crippen molar-refractivity contribution in [1.29, 1.82) is 0 Å². The lowest BCUT2D eigenvalue weighted by Gasteiger charge is -2.12. The first-order valence-corrected chi connectivity index (χ1v) is 7.64. The zero-order valence-corrected chi connectivity index (χ0v) is 13.0. The highest BCUT2D eigenvalue weighted by atomic mass is 35.5. The van der Waals surface area contributed by atoms with Crippen molar-refractivity contribution in [3.8, 4) is 0 Å². The minimum absolute atomic E-state index is 0.0838. The summed E-state index contributed by atoms with van der Waals surface area (Å²) in [7, 11) is 0. The van der Waals surface area contributed by atoms with E-state index in [0.29, 0.717) is 11.8 Å². The minimum Gasteiger partial charge on any atom is -0.268 e. The van der Waals surface area contributed by atoms with Gasteiger partial charge in [0.1, 0.15) is 11.6 Å². The summed E-state index contributed by atoms with van der Waals surface area (Å²) in [4.78, 5) is 25.4. The molecule has 2 aromatic carbocycles. The smallest absolute Gasteiger partial charge is 0.268 e. The van der Waals surface area contributed by atoms with E-state index in [-0.39, 0.29) is 21.2 Å². The molecule has 0 atom stereocenters. The third kappa shape index (κ3) is 3.00. The van der Waals surface area contributed by atoms with E-state index in [9.17, 15) is 18.4 Å². The molecule has 2 amide bonds. The molecule has 0 aliphatic carbocycles. The Morgan fingerprint density at radius 3 is 2.48 bits per heavy atom. The summed E-state index contributed by atoms with van der Waals surface area (Å²) >= 11 is 6.36. The fraction of sp³-hybridized carbons (Fsp3) is 0. The maximum atomic E-state index is 13.7. The van der Waals surface area contributed by atoms with Gasteiger partial charge in [-0.3, -0.25) is 9.59 Å². The number of carbonyl (C=O) groups is 2. The van der Waals surface area contributed by atoms with Gasteiger partial charge in [-0.25, -0.2) is 13.7 Å². The highest BCUT2D eigenvalue weighted by molar-refractivity contribution is 8.19. The lowest BCUT2D eigenvalue weighted by atomic mass is 10.2. The molecule has 3 rings (SSSR count). The van der Waals surface area contributed by atoms with Gasteiger partial charge < -0.3 is 0 Å². The first-order chi connectivity index (χ1) is 11.0. The van der Waals surface area contributed by atoms with Crippen LogP contribution in [0.4, 0.5) is 19.3 Å².